The monoisotopic (exact) mass is 288 g/mol. The molecule has 112 valence electrons. The second kappa shape index (κ2) is 5.76. The molecule has 1 aromatic rings. The molecule has 21 heavy (non-hydrogen) atoms. The molecular formula is C16H20N2O3. The number of hydrogen-bond donors (Lipinski definition) is 1. The molecule has 0 bridgehead atoms. The highest BCUT2D eigenvalue weighted by atomic mass is 16.5. The van der Waals surface area contributed by atoms with Crippen molar-refractivity contribution in [3.8, 4) is 0 Å². The van der Waals surface area contributed by atoms with E-state index in [2.05, 4.69) is 5.32 Å². The third-order valence-electron chi connectivity index (χ3n) is 4.02. The molecule has 0 spiro atoms. The number of carbonyl (C=O) groups excluding carboxylic acids is 2. The van der Waals surface area contributed by atoms with Crippen molar-refractivity contribution in [1.29, 1.82) is 0 Å². The van der Waals surface area contributed by atoms with E-state index in [4.69, 9.17) is 4.74 Å². The van der Waals surface area contributed by atoms with Crippen LogP contribution in [0.2, 0.25) is 0 Å². The van der Waals surface area contributed by atoms with E-state index in [1.807, 2.05) is 6.07 Å². The topological polar surface area (TPSA) is 58.6 Å². The first kappa shape index (κ1) is 13.9. The van der Waals surface area contributed by atoms with Crippen LogP contribution in [-0.4, -0.2) is 32.1 Å². The number of methoxy groups -OCH3 is 1. The van der Waals surface area contributed by atoms with E-state index in [0.29, 0.717) is 18.5 Å². The number of nitrogens with zero attached hydrogens (tertiary/aromatic N) is 1. The minimum absolute atomic E-state index is 0.116. The standard InChI is InChI=1S/C16H20N2O3/c1-21-16(20)12-7-13(17-10-11-4-5-11)9-14(8-12)18-6-2-3-15(18)19/h7-9,11,17H,2-6,10H2,1H3. The predicted molar refractivity (Wildman–Crippen MR) is 80.6 cm³/mol. The van der Waals surface area contributed by atoms with Gasteiger partial charge in [-0.3, -0.25) is 4.79 Å². The number of amides is 1. The SMILES string of the molecule is COC(=O)c1cc(NCC2CC2)cc(N2CCCC2=O)c1. The van der Waals surface area contributed by atoms with E-state index in [1.54, 1.807) is 17.0 Å². The summed E-state index contributed by atoms with van der Waals surface area (Å²) >= 11 is 0. The van der Waals surface area contributed by atoms with Crippen LogP contribution in [-0.2, 0) is 9.53 Å². The van der Waals surface area contributed by atoms with Crippen LogP contribution in [0, 0.1) is 5.92 Å². The maximum absolute atomic E-state index is 11.9. The molecular weight excluding hydrogens is 268 g/mol. The molecule has 1 saturated carbocycles. The fraction of sp³-hybridized carbons (Fsp3) is 0.500. The Labute approximate surface area is 124 Å². The Morgan fingerprint density at radius 3 is 2.81 bits per heavy atom. The highest BCUT2D eigenvalue weighted by molar-refractivity contribution is 5.98. The molecule has 5 heteroatoms. The summed E-state index contributed by atoms with van der Waals surface area (Å²) in [6.45, 7) is 1.63. The summed E-state index contributed by atoms with van der Waals surface area (Å²) in [7, 11) is 1.37. The van der Waals surface area contributed by atoms with Crippen LogP contribution in [0.4, 0.5) is 11.4 Å². The maximum Gasteiger partial charge on any atom is 0.337 e. The van der Waals surface area contributed by atoms with Crippen LogP contribution in [0.1, 0.15) is 36.0 Å². The minimum atomic E-state index is -0.377. The van der Waals surface area contributed by atoms with Gasteiger partial charge in [-0.15, -0.1) is 0 Å². The molecule has 0 unspecified atom stereocenters. The van der Waals surface area contributed by atoms with Gasteiger partial charge in [-0.05, 0) is 43.4 Å². The molecule has 5 nitrogen and oxygen atoms in total. The fourth-order valence-corrected chi connectivity index (χ4v) is 2.61. The van der Waals surface area contributed by atoms with Gasteiger partial charge < -0.3 is 15.0 Å². The van der Waals surface area contributed by atoms with E-state index in [9.17, 15) is 9.59 Å². The van der Waals surface area contributed by atoms with Crippen LogP contribution in [0.3, 0.4) is 0 Å². The van der Waals surface area contributed by atoms with Crippen molar-refractivity contribution in [1.82, 2.24) is 0 Å². The summed E-state index contributed by atoms with van der Waals surface area (Å²) in [4.78, 5) is 25.5. The van der Waals surface area contributed by atoms with E-state index in [1.165, 1.54) is 20.0 Å². The van der Waals surface area contributed by atoms with Crippen molar-refractivity contribution < 1.29 is 14.3 Å². The predicted octanol–water partition coefficient (Wildman–Crippen LogP) is 2.42. The molecule has 1 N–H and O–H groups in total. The number of anilines is 2. The van der Waals surface area contributed by atoms with Crippen LogP contribution >= 0.6 is 0 Å². The van der Waals surface area contributed by atoms with E-state index in [0.717, 1.165) is 30.3 Å². The largest absolute Gasteiger partial charge is 0.465 e. The Morgan fingerprint density at radius 2 is 2.19 bits per heavy atom. The van der Waals surface area contributed by atoms with Gasteiger partial charge in [-0.2, -0.15) is 0 Å². The fourth-order valence-electron chi connectivity index (χ4n) is 2.61. The highest BCUT2D eigenvalue weighted by Crippen LogP contribution is 2.31. The average molecular weight is 288 g/mol. The summed E-state index contributed by atoms with van der Waals surface area (Å²) in [5, 5.41) is 3.36. The molecule has 1 aliphatic carbocycles. The van der Waals surface area contributed by atoms with Gasteiger partial charge in [-0.25, -0.2) is 4.79 Å². The molecule has 2 fully saturated rings. The van der Waals surface area contributed by atoms with Gasteiger partial charge in [0.25, 0.3) is 0 Å². The number of carbonyl (C=O) groups is 2. The summed E-state index contributed by atoms with van der Waals surface area (Å²) in [6, 6.07) is 5.47. The molecule has 1 aliphatic heterocycles. The smallest absolute Gasteiger partial charge is 0.337 e. The van der Waals surface area contributed by atoms with Crippen molar-refractivity contribution >= 4 is 23.3 Å². The maximum atomic E-state index is 11.9. The summed E-state index contributed by atoms with van der Waals surface area (Å²) in [5.74, 6) is 0.478. The Bertz CT molecular complexity index is 567. The first-order valence-corrected chi connectivity index (χ1v) is 7.45. The minimum Gasteiger partial charge on any atom is -0.465 e. The van der Waals surface area contributed by atoms with E-state index >= 15 is 0 Å². The number of benzene rings is 1. The first-order valence-electron chi connectivity index (χ1n) is 7.45. The molecule has 0 aromatic heterocycles. The first-order chi connectivity index (χ1) is 10.2. The van der Waals surface area contributed by atoms with Gasteiger partial charge in [0.15, 0.2) is 0 Å². The van der Waals surface area contributed by atoms with Crippen LogP contribution in [0.15, 0.2) is 18.2 Å². The molecule has 0 atom stereocenters. The van der Waals surface area contributed by atoms with Gasteiger partial charge in [-0.1, -0.05) is 0 Å². The summed E-state index contributed by atoms with van der Waals surface area (Å²) in [6.07, 6.45) is 3.97. The third-order valence-corrected chi connectivity index (χ3v) is 4.02. The van der Waals surface area contributed by atoms with Crippen molar-refractivity contribution in [2.45, 2.75) is 25.7 Å². The second-order valence-electron chi connectivity index (χ2n) is 5.73. The second-order valence-corrected chi connectivity index (χ2v) is 5.73. The average Bonchev–Trinajstić information content (AvgIpc) is 3.24. The lowest BCUT2D eigenvalue weighted by Gasteiger charge is -2.18. The lowest BCUT2D eigenvalue weighted by atomic mass is 10.1. The number of nitrogens with one attached hydrogen (secondary N) is 1. The van der Waals surface area contributed by atoms with Crippen molar-refractivity contribution in [2.24, 2.45) is 5.92 Å². The molecule has 2 aliphatic rings. The quantitative estimate of drug-likeness (QED) is 0.845. The van der Waals surface area contributed by atoms with E-state index in [-0.39, 0.29) is 11.9 Å². The molecule has 1 aromatic carbocycles. The van der Waals surface area contributed by atoms with Gasteiger partial charge in [0.2, 0.25) is 5.91 Å². The van der Waals surface area contributed by atoms with Crippen molar-refractivity contribution in [2.75, 3.05) is 30.4 Å². The van der Waals surface area contributed by atoms with Gasteiger partial charge in [0.1, 0.15) is 0 Å². The molecule has 1 amide bonds. The third kappa shape index (κ3) is 3.17. The molecule has 1 saturated heterocycles. The Hall–Kier alpha value is -2.04. The van der Waals surface area contributed by atoms with Gasteiger partial charge in [0.05, 0.1) is 12.7 Å². The number of hydrogen-bond acceptors (Lipinski definition) is 4. The zero-order valence-electron chi connectivity index (χ0n) is 12.2. The number of rotatable bonds is 5. The lowest BCUT2D eigenvalue weighted by molar-refractivity contribution is -0.117. The molecule has 3 rings (SSSR count). The zero-order chi connectivity index (χ0) is 14.8. The highest BCUT2D eigenvalue weighted by Gasteiger charge is 2.24. The zero-order valence-corrected chi connectivity index (χ0v) is 12.2. The van der Waals surface area contributed by atoms with Crippen LogP contribution < -0.4 is 10.2 Å². The Kier molecular flexibility index (Phi) is 3.82. The normalized spacial score (nSPS) is 18.0. The summed E-state index contributed by atoms with van der Waals surface area (Å²) in [5.41, 5.74) is 2.13. The Morgan fingerprint density at radius 1 is 1.38 bits per heavy atom. The van der Waals surface area contributed by atoms with Gasteiger partial charge in [0, 0.05) is 30.9 Å². The number of ether oxygens (including phenoxy) is 1. The van der Waals surface area contributed by atoms with Crippen molar-refractivity contribution in [3.63, 3.8) is 0 Å². The van der Waals surface area contributed by atoms with Crippen molar-refractivity contribution in [3.05, 3.63) is 23.8 Å². The van der Waals surface area contributed by atoms with Crippen LogP contribution in [0.25, 0.3) is 0 Å². The summed E-state index contributed by atoms with van der Waals surface area (Å²) < 4.78 is 4.80. The van der Waals surface area contributed by atoms with E-state index < -0.39 is 0 Å². The van der Waals surface area contributed by atoms with Crippen LogP contribution in [0.5, 0.6) is 0 Å². The number of esters is 1. The molecule has 1 heterocycles. The molecule has 0 radical (unpaired) electrons. The Balaban J connectivity index is 1.87. The lowest BCUT2D eigenvalue weighted by Crippen LogP contribution is -2.24. The van der Waals surface area contributed by atoms with Gasteiger partial charge >= 0.3 is 5.97 Å².